The number of nitrogens with two attached hydrogens (primary N) is 1. The SMILES string of the molecule is Nc1sccc1-c1nc(-c2ccc(Br)cn2)no1. The molecule has 0 unspecified atom stereocenters. The molecule has 3 aromatic heterocycles. The van der Waals surface area contributed by atoms with Crippen LogP contribution in [0.25, 0.3) is 23.0 Å². The zero-order valence-electron chi connectivity index (χ0n) is 9.00. The first-order valence-electron chi connectivity index (χ1n) is 5.03. The molecule has 0 radical (unpaired) electrons. The van der Waals surface area contributed by atoms with Gasteiger partial charge < -0.3 is 10.3 Å². The molecular weight excluding hydrogens is 316 g/mol. The van der Waals surface area contributed by atoms with Crippen LogP contribution < -0.4 is 5.73 Å². The van der Waals surface area contributed by atoms with Crippen molar-refractivity contribution in [2.24, 2.45) is 0 Å². The van der Waals surface area contributed by atoms with Crippen molar-refractivity contribution in [3.63, 3.8) is 0 Å². The predicted molar refractivity (Wildman–Crippen MR) is 73.0 cm³/mol. The van der Waals surface area contributed by atoms with E-state index in [9.17, 15) is 0 Å². The summed E-state index contributed by atoms with van der Waals surface area (Å²) >= 11 is 4.76. The Morgan fingerprint density at radius 1 is 1.28 bits per heavy atom. The van der Waals surface area contributed by atoms with E-state index in [4.69, 9.17) is 10.3 Å². The molecule has 7 heteroatoms. The number of anilines is 1. The number of thiophene rings is 1. The van der Waals surface area contributed by atoms with Gasteiger partial charge in [-0.05, 0) is 39.5 Å². The maximum Gasteiger partial charge on any atom is 0.261 e. The van der Waals surface area contributed by atoms with E-state index in [1.165, 1.54) is 11.3 Å². The molecule has 0 saturated carbocycles. The second-order valence-corrected chi connectivity index (χ2v) is 5.35. The van der Waals surface area contributed by atoms with Crippen LogP contribution in [0, 0.1) is 0 Å². The number of aromatic nitrogens is 3. The van der Waals surface area contributed by atoms with E-state index in [1.807, 2.05) is 23.6 Å². The van der Waals surface area contributed by atoms with Gasteiger partial charge in [0.25, 0.3) is 5.89 Å². The van der Waals surface area contributed by atoms with Crippen LogP contribution in [0.3, 0.4) is 0 Å². The summed E-state index contributed by atoms with van der Waals surface area (Å²) in [6, 6.07) is 5.54. The second kappa shape index (κ2) is 4.51. The van der Waals surface area contributed by atoms with Crippen molar-refractivity contribution in [1.29, 1.82) is 0 Å². The smallest absolute Gasteiger partial charge is 0.261 e. The lowest BCUT2D eigenvalue weighted by atomic mass is 10.3. The van der Waals surface area contributed by atoms with Crippen LogP contribution in [0.4, 0.5) is 5.00 Å². The van der Waals surface area contributed by atoms with Crippen molar-refractivity contribution in [3.8, 4) is 23.0 Å². The molecule has 0 aliphatic heterocycles. The molecule has 90 valence electrons. The van der Waals surface area contributed by atoms with Gasteiger partial charge in [0.1, 0.15) is 5.69 Å². The van der Waals surface area contributed by atoms with Crippen LogP contribution in [0.5, 0.6) is 0 Å². The number of nitrogen functional groups attached to an aromatic ring is 1. The molecular formula is C11H7BrN4OS. The summed E-state index contributed by atoms with van der Waals surface area (Å²) in [6.45, 7) is 0. The molecule has 0 bridgehead atoms. The molecule has 0 aliphatic carbocycles. The topological polar surface area (TPSA) is 77.8 Å². The summed E-state index contributed by atoms with van der Waals surface area (Å²) in [5.74, 6) is 0.858. The highest BCUT2D eigenvalue weighted by Crippen LogP contribution is 2.30. The zero-order valence-corrected chi connectivity index (χ0v) is 11.4. The summed E-state index contributed by atoms with van der Waals surface area (Å²) in [5, 5.41) is 6.44. The Balaban J connectivity index is 1.99. The van der Waals surface area contributed by atoms with Crippen LogP contribution in [-0.4, -0.2) is 15.1 Å². The van der Waals surface area contributed by atoms with Gasteiger partial charge >= 0.3 is 0 Å². The van der Waals surface area contributed by atoms with E-state index >= 15 is 0 Å². The Labute approximate surface area is 115 Å². The highest BCUT2D eigenvalue weighted by atomic mass is 79.9. The largest absolute Gasteiger partial charge is 0.390 e. The lowest BCUT2D eigenvalue weighted by Gasteiger charge is -1.92. The van der Waals surface area contributed by atoms with Crippen molar-refractivity contribution in [2.45, 2.75) is 0 Å². The minimum absolute atomic E-state index is 0.411. The molecule has 5 nitrogen and oxygen atoms in total. The first kappa shape index (κ1) is 11.4. The van der Waals surface area contributed by atoms with Crippen molar-refractivity contribution in [1.82, 2.24) is 15.1 Å². The number of nitrogens with zero attached hydrogens (tertiary/aromatic N) is 3. The third-order valence-corrected chi connectivity index (χ3v) is 3.52. The molecule has 2 N–H and O–H groups in total. The number of halogens is 1. The van der Waals surface area contributed by atoms with Crippen LogP contribution in [0.2, 0.25) is 0 Å². The summed E-state index contributed by atoms with van der Waals surface area (Å²) < 4.78 is 6.09. The molecule has 0 aliphatic rings. The average molecular weight is 323 g/mol. The van der Waals surface area contributed by atoms with E-state index in [2.05, 4.69) is 31.1 Å². The van der Waals surface area contributed by atoms with Crippen LogP contribution >= 0.6 is 27.3 Å². The Bertz CT molecular complexity index is 676. The Morgan fingerprint density at radius 3 is 2.83 bits per heavy atom. The molecule has 0 aromatic carbocycles. The summed E-state index contributed by atoms with van der Waals surface area (Å²) in [6.07, 6.45) is 1.68. The molecule has 3 aromatic rings. The van der Waals surface area contributed by atoms with Crippen molar-refractivity contribution < 1.29 is 4.52 Å². The summed E-state index contributed by atoms with van der Waals surface area (Å²) in [5.41, 5.74) is 7.22. The molecule has 0 saturated heterocycles. The van der Waals surface area contributed by atoms with Gasteiger partial charge in [0.05, 0.1) is 10.6 Å². The monoisotopic (exact) mass is 322 g/mol. The average Bonchev–Trinajstić information content (AvgIpc) is 2.98. The maximum atomic E-state index is 5.81. The van der Waals surface area contributed by atoms with Gasteiger partial charge in [0, 0.05) is 10.7 Å². The highest BCUT2D eigenvalue weighted by Gasteiger charge is 2.14. The Hall–Kier alpha value is -1.73. The Kier molecular flexibility index (Phi) is 2.85. The minimum atomic E-state index is 0.411. The van der Waals surface area contributed by atoms with E-state index in [-0.39, 0.29) is 0 Å². The Morgan fingerprint density at radius 2 is 2.17 bits per heavy atom. The van der Waals surface area contributed by atoms with Crippen LogP contribution in [0.15, 0.2) is 38.8 Å². The minimum Gasteiger partial charge on any atom is -0.390 e. The normalized spacial score (nSPS) is 10.7. The van der Waals surface area contributed by atoms with Gasteiger partial charge in [-0.3, -0.25) is 4.98 Å². The summed E-state index contributed by atoms with van der Waals surface area (Å²) in [7, 11) is 0. The van der Waals surface area contributed by atoms with Gasteiger partial charge in [0.2, 0.25) is 5.82 Å². The van der Waals surface area contributed by atoms with Crippen LogP contribution in [0.1, 0.15) is 0 Å². The number of hydrogen-bond acceptors (Lipinski definition) is 6. The quantitative estimate of drug-likeness (QED) is 0.783. The number of pyridine rings is 1. The second-order valence-electron chi connectivity index (χ2n) is 3.48. The first-order chi connectivity index (χ1) is 8.74. The highest BCUT2D eigenvalue weighted by molar-refractivity contribution is 9.10. The molecule has 0 amide bonds. The third-order valence-electron chi connectivity index (χ3n) is 2.31. The zero-order chi connectivity index (χ0) is 12.5. The van der Waals surface area contributed by atoms with Gasteiger partial charge in [-0.15, -0.1) is 11.3 Å². The molecule has 18 heavy (non-hydrogen) atoms. The lowest BCUT2D eigenvalue weighted by Crippen LogP contribution is -1.86. The fourth-order valence-corrected chi connectivity index (χ4v) is 2.31. The molecule has 0 atom stereocenters. The fraction of sp³-hybridized carbons (Fsp3) is 0. The van der Waals surface area contributed by atoms with Crippen LogP contribution in [-0.2, 0) is 0 Å². The van der Waals surface area contributed by atoms with Crippen molar-refractivity contribution in [3.05, 3.63) is 34.2 Å². The molecule has 0 spiro atoms. The van der Waals surface area contributed by atoms with Crippen molar-refractivity contribution >= 4 is 32.3 Å². The maximum absolute atomic E-state index is 5.81. The number of hydrogen-bond donors (Lipinski definition) is 1. The van der Waals surface area contributed by atoms with Gasteiger partial charge in [-0.1, -0.05) is 5.16 Å². The van der Waals surface area contributed by atoms with Gasteiger partial charge in [-0.25, -0.2) is 0 Å². The van der Waals surface area contributed by atoms with E-state index < -0.39 is 0 Å². The molecule has 3 rings (SSSR count). The van der Waals surface area contributed by atoms with Gasteiger partial charge in [-0.2, -0.15) is 4.98 Å². The molecule has 3 heterocycles. The van der Waals surface area contributed by atoms with Crippen molar-refractivity contribution in [2.75, 3.05) is 5.73 Å². The van der Waals surface area contributed by atoms with E-state index in [0.29, 0.717) is 22.4 Å². The van der Waals surface area contributed by atoms with E-state index in [0.717, 1.165) is 10.0 Å². The van der Waals surface area contributed by atoms with E-state index in [1.54, 1.807) is 6.20 Å². The standard InChI is InChI=1S/C11H7BrN4OS/c12-6-1-2-8(14-5-6)10-15-11(17-16-10)7-3-4-18-9(7)13/h1-5H,13H2. The van der Waals surface area contributed by atoms with Gasteiger partial charge in [0.15, 0.2) is 0 Å². The number of rotatable bonds is 2. The predicted octanol–water partition coefficient (Wildman–Crippen LogP) is 3.20. The first-order valence-corrected chi connectivity index (χ1v) is 6.70. The summed E-state index contributed by atoms with van der Waals surface area (Å²) in [4.78, 5) is 8.49. The fourth-order valence-electron chi connectivity index (χ4n) is 1.44. The third kappa shape index (κ3) is 2.02. The lowest BCUT2D eigenvalue weighted by molar-refractivity contribution is 0.432. The molecule has 0 fully saturated rings.